The van der Waals surface area contributed by atoms with Gasteiger partial charge in [-0.1, -0.05) is 12.1 Å². The lowest BCUT2D eigenvalue weighted by Gasteiger charge is -2.22. The number of carbonyl (C=O) groups excluding carboxylic acids is 1. The Hall–Kier alpha value is -2.75. The fourth-order valence-corrected chi connectivity index (χ4v) is 2.51. The Kier molecular flexibility index (Phi) is 6.01. The van der Waals surface area contributed by atoms with Crippen molar-refractivity contribution >= 4 is 23.4 Å². The van der Waals surface area contributed by atoms with Gasteiger partial charge in [-0.05, 0) is 68.3 Å². The van der Waals surface area contributed by atoms with Gasteiger partial charge in [0.05, 0.1) is 0 Å². The molecule has 0 bridgehead atoms. The first-order valence-corrected chi connectivity index (χ1v) is 8.17. The molecule has 1 amide bonds. The van der Waals surface area contributed by atoms with Crippen LogP contribution in [0.3, 0.4) is 0 Å². The number of benzene rings is 2. The molecule has 0 saturated carbocycles. The maximum absolute atomic E-state index is 12.1. The molecule has 4 heteroatoms. The number of nitrogens with zero attached hydrogens (tertiary/aromatic N) is 1. The van der Waals surface area contributed by atoms with Crippen molar-refractivity contribution in [3.05, 3.63) is 59.7 Å². The molecule has 24 heavy (non-hydrogen) atoms. The van der Waals surface area contributed by atoms with E-state index in [0.29, 0.717) is 0 Å². The number of carbonyl (C=O) groups is 1. The molecule has 0 radical (unpaired) electrons. The molecular weight excluding hydrogens is 300 g/mol. The standard InChI is InChI=1S/C20H24N2O2/c1-4-22(5-2)17-9-12-19(15(3)14-17)21-20(24)13-8-16-6-10-18(23)11-7-16/h6-14,23H,4-5H2,1-3H3,(H,21,24)/b13-8+. The number of phenolic OH excluding ortho intramolecular Hbond substituents is 1. The topological polar surface area (TPSA) is 52.6 Å². The molecule has 0 atom stereocenters. The second kappa shape index (κ2) is 8.20. The number of phenols is 1. The molecule has 0 aliphatic carbocycles. The van der Waals surface area contributed by atoms with Crippen LogP contribution >= 0.6 is 0 Å². The molecule has 0 aliphatic heterocycles. The number of aromatic hydroxyl groups is 1. The van der Waals surface area contributed by atoms with Crippen molar-refractivity contribution in [2.75, 3.05) is 23.3 Å². The van der Waals surface area contributed by atoms with Gasteiger partial charge < -0.3 is 15.3 Å². The third kappa shape index (κ3) is 4.62. The molecule has 0 spiro atoms. The summed E-state index contributed by atoms with van der Waals surface area (Å²) < 4.78 is 0. The Morgan fingerprint density at radius 2 is 1.79 bits per heavy atom. The summed E-state index contributed by atoms with van der Waals surface area (Å²) in [5.41, 5.74) is 3.86. The zero-order valence-corrected chi connectivity index (χ0v) is 14.4. The fourth-order valence-electron chi connectivity index (χ4n) is 2.51. The van der Waals surface area contributed by atoms with Gasteiger partial charge in [0, 0.05) is 30.5 Å². The summed E-state index contributed by atoms with van der Waals surface area (Å²) in [6.45, 7) is 8.16. The Morgan fingerprint density at radius 1 is 1.12 bits per heavy atom. The van der Waals surface area contributed by atoms with Crippen molar-refractivity contribution in [3.8, 4) is 5.75 Å². The van der Waals surface area contributed by atoms with E-state index in [1.54, 1.807) is 30.3 Å². The van der Waals surface area contributed by atoms with Gasteiger partial charge in [-0.3, -0.25) is 4.79 Å². The van der Waals surface area contributed by atoms with Crippen LogP contribution in [-0.4, -0.2) is 24.1 Å². The number of aryl methyl sites for hydroxylation is 1. The van der Waals surface area contributed by atoms with Crippen LogP contribution in [0.1, 0.15) is 25.0 Å². The Morgan fingerprint density at radius 3 is 2.38 bits per heavy atom. The second-order valence-corrected chi connectivity index (χ2v) is 5.59. The molecule has 126 valence electrons. The molecule has 0 heterocycles. The highest BCUT2D eigenvalue weighted by Gasteiger charge is 2.06. The van der Waals surface area contributed by atoms with Crippen LogP contribution in [0.4, 0.5) is 11.4 Å². The summed E-state index contributed by atoms with van der Waals surface area (Å²) in [7, 11) is 0. The van der Waals surface area contributed by atoms with Crippen LogP contribution < -0.4 is 10.2 Å². The van der Waals surface area contributed by atoms with E-state index in [1.807, 2.05) is 19.1 Å². The highest BCUT2D eigenvalue weighted by Crippen LogP contribution is 2.22. The van der Waals surface area contributed by atoms with Crippen molar-refractivity contribution in [1.82, 2.24) is 0 Å². The van der Waals surface area contributed by atoms with E-state index in [9.17, 15) is 9.90 Å². The highest BCUT2D eigenvalue weighted by atomic mass is 16.3. The number of anilines is 2. The normalized spacial score (nSPS) is 10.8. The molecule has 0 unspecified atom stereocenters. The first kappa shape index (κ1) is 17.6. The average Bonchev–Trinajstić information content (AvgIpc) is 2.58. The lowest BCUT2D eigenvalue weighted by Crippen LogP contribution is -2.22. The van der Waals surface area contributed by atoms with E-state index in [0.717, 1.165) is 35.6 Å². The van der Waals surface area contributed by atoms with Crippen LogP contribution in [0.15, 0.2) is 48.5 Å². The SMILES string of the molecule is CCN(CC)c1ccc(NC(=O)/C=C/c2ccc(O)cc2)c(C)c1. The van der Waals surface area contributed by atoms with Crippen molar-refractivity contribution in [1.29, 1.82) is 0 Å². The molecule has 2 aromatic rings. The van der Waals surface area contributed by atoms with Gasteiger partial charge in [0.2, 0.25) is 5.91 Å². The molecule has 2 aromatic carbocycles. The minimum absolute atomic E-state index is 0.179. The monoisotopic (exact) mass is 324 g/mol. The molecule has 2 N–H and O–H groups in total. The summed E-state index contributed by atoms with van der Waals surface area (Å²) >= 11 is 0. The first-order chi connectivity index (χ1) is 11.5. The first-order valence-electron chi connectivity index (χ1n) is 8.17. The van der Waals surface area contributed by atoms with Crippen LogP contribution in [0.2, 0.25) is 0 Å². The molecular formula is C20H24N2O2. The van der Waals surface area contributed by atoms with Gasteiger partial charge in [0.25, 0.3) is 0 Å². The van der Waals surface area contributed by atoms with Crippen molar-refractivity contribution in [2.45, 2.75) is 20.8 Å². The maximum atomic E-state index is 12.1. The van der Waals surface area contributed by atoms with Crippen LogP contribution in [0.5, 0.6) is 5.75 Å². The number of rotatable bonds is 6. The zero-order chi connectivity index (χ0) is 17.5. The van der Waals surface area contributed by atoms with Crippen LogP contribution in [0.25, 0.3) is 6.08 Å². The predicted molar refractivity (Wildman–Crippen MR) is 101 cm³/mol. The van der Waals surface area contributed by atoms with Crippen LogP contribution in [-0.2, 0) is 4.79 Å². The van der Waals surface area contributed by atoms with Gasteiger partial charge in [0.15, 0.2) is 0 Å². The van der Waals surface area contributed by atoms with E-state index in [2.05, 4.69) is 30.1 Å². The van der Waals surface area contributed by atoms with Gasteiger partial charge in [-0.15, -0.1) is 0 Å². The Labute approximate surface area is 143 Å². The van der Waals surface area contributed by atoms with E-state index in [1.165, 1.54) is 6.08 Å². The molecule has 0 saturated heterocycles. The molecule has 4 nitrogen and oxygen atoms in total. The van der Waals surface area contributed by atoms with Crippen molar-refractivity contribution < 1.29 is 9.90 Å². The largest absolute Gasteiger partial charge is 0.508 e. The summed E-state index contributed by atoms with van der Waals surface area (Å²) in [5, 5.41) is 12.2. The minimum atomic E-state index is -0.179. The Balaban J connectivity index is 2.04. The smallest absolute Gasteiger partial charge is 0.248 e. The van der Waals surface area contributed by atoms with Crippen molar-refractivity contribution in [2.24, 2.45) is 0 Å². The van der Waals surface area contributed by atoms with E-state index in [-0.39, 0.29) is 11.7 Å². The molecule has 0 aromatic heterocycles. The highest BCUT2D eigenvalue weighted by molar-refractivity contribution is 6.02. The minimum Gasteiger partial charge on any atom is -0.508 e. The van der Waals surface area contributed by atoms with Crippen molar-refractivity contribution in [3.63, 3.8) is 0 Å². The van der Waals surface area contributed by atoms with Gasteiger partial charge >= 0.3 is 0 Å². The lowest BCUT2D eigenvalue weighted by atomic mass is 10.1. The third-order valence-corrected chi connectivity index (χ3v) is 3.92. The predicted octanol–water partition coefficient (Wildman–Crippen LogP) is 4.20. The Bertz CT molecular complexity index is 717. The van der Waals surface area contributed by atoms with Gasteiger partial charge in [-0.25, -0.2) is 0 Å². The number of hydrogen-bond donors (Lipinski definition) is 2. The third-order valence-electron chi connectivity index (χ3n) is 3.92. The summed E-state index contributed by atoms with van der Waals surface area (Å²) in [4.78, 5) is 14.3. The van der Waals surface area contributed by atoms with E-state index in [4.69, 9.17) is 0 Å². The van der Waals surface area contributed by atoms with Gasteiger partial charge in [-0.2, -0.15) is 0 Å². The second-order valence-electron chi connectivity index (χ2n) is 5.59. The van der Waals surface area contributed by atoms with E-state index < -0.39 is 0 Å². The molecule has 0 aliphatic rings. The number of amides is 1. The summed E-state index contributed by atoms with van der Waals surface area (Å²) in [5.74, 6) is 0.0299. The van der Waals surface area contributed by atoms with E-state index >= 15 is 0 Å². The number of nitrogens with one attached hydrogen (secondary N) is 1. The summed E-state index contributed by atoms with van der Waals surface area (Å²) in [6, 6.07) is 12.7. The maximum Gasteiger partial charge on any atom is 0.248 e. The lowest BCUT2D eigenvalue weighted by molar-refractivity contribution is -0.111. The molecule has 2 rings (SSSR count). The zero-order valence-electron chi connectivity index (χ0n) is 14.4. The number of hydrogen-bond acceptors (Lipinski definition) is 3. The quantitative estimate of drug-likeness (QED) is 0.783. The average molecular weight is 324 g/mol. The van der Waals surface area contributed by atoms with Crippen LogP contribution in [0, 0.1) is 6.92 Å². The molecule has 0 fully saturated rings. The van der Waals surface area contributed by atoms with Gasteiger partial charge in [0.1, 0.15) is 5.75 Å². The summed E-state index contributed by atoms with van der Waals surface area (Å²) in [6.07, 6.45) is 3.21. The fraction of sp³-hybridized carbons (Fsp3) is 0.250.